The maximum atomic E-state index is 11.3. The van der Waals surface area contributed by atoms with Crippen LogP contribution in [0.1, 0.15) is 33.6 Å². The molecule has 0 fully saturated rings. The number of ether oxygens (including phenoxy) is 2. The molecule has 0 saturated heterocycles. The maximum Gasteiger partial charge on any atom is 0.325 e. The summed E-state index contributed by atoms with van der Waals surface area (Å²) in [7, 11) is 0. The first-order valence-corrected chi connectivity index (χ1v) is 5.46. The first-order valence-electron chi connectivity index (χ1n) is 5.46. The number of esters is 2. The summed E-state index contributed by atoms with van der Waals surface area (Å²) in [5.74, 6) is -2.34. The zero-order valence-corrected chi connectivity index (χ0v) is 10.8. The molecule has 0 spiro atoms. The van der Waals surface area contributed by atoms with E-state index in [1.54, 1.807) is 20.8 Å². The third-order valence-corrected chi connectivity index (χ3v) is 1.98. The second-order valence-corrected chi connectivity index (χ2v) is 4.80. The summed E-state index contributed by atoms with van der Waals surface area (Å²) >= 11 is 0. The average Bonchev–Trinajstić information content (AvgIpc) is 2.23. The molecule has 0 aliphatic carbocycles. The molecule has 0 aliphatic rings. The lowest BCUT2D eigenvalue weighted by Crippen LogP contribution is -2.34. The highest BCUT2D eigenvalue weighted by Gasteiger charge is 2.24. The summed E-state index contributed by atoms with van der Waals surface area (Å²) in [6, 6.07) is -1.03. The van der Waals surface area contributed by atoms with Crippen LogP contribution in [0.2, 0.25) is 0 Å². The second kappa shape index (κ2) is 6.95. The standard InChI is InChI=1S/C11H19NO6/c1-11(2,3)10(16)18-6-17-9(15)7(12)4-5-8(13)14/h7H,4-6,12H2,1-3H3,(H,13,14)/t7-/m1/s1. The number of hydrogen-bond donors (Lipinski definition) is 2. The Hall–Kier alpha value is -1.63. The first kappa shape index (κ1) is 16.4. The van der Waals surface area contributed by atoms with E-state index in [0.29, 0.717) is 0 Å². The van der Waals surface area contributed by atoms with Crippen molar-refractivity contribution in [2.75, 3.05) is 6.79 Å². The number of carbonyl (C=O) groups is 3. The molecule has 1 atom stereocenters. The lowest BCUT2D eigenvalue weighted by molar-refractivity contribution is -0.173. The third kappa shape index (κ3) is 6.85. The summed E-state index contributed by atoms with van der Waals surface area (Å²) in [6.45, 7) is 4.47. The predicted octanol–water partition coefficient (Wildman–Crippen LogP) is 0.269. The lowest BCUT2D eigenvalue weighted by Gasteiger charge is -2.17. The van der Waals surface area contributed by atoms with Gasteiger partial charge in [-0.1, -0.05) is 0 Å². The van der Waals surface area contributed by atoms with Gasteiger partial charge in [0.1, 0.15) is 6.04 Å². The summed E-state index contributed by atoms with van der Waals surface area (Å²) in [4.78, 5) is 32.8. The minimum absolute atomic E-state index is 0.0264. The smallest absolute Gasteiger partial charge is 0.325 e. The molecule has 0 aromatic heterocycles. The molecule has 18 heavy (non-hydrogen) atoms. The van der Waals surface area contributed by atoms with Crippen molar-refractivity contribution in [3.05, 3.63) is 0 Å². The molecule has 3 N–H and O–H groups in total. The number of aliphatic carboxylic acids is 1. The molecule has 0 unspecified atom stereocenters. The van der Waals surface area contributed by atoms with E-state index in [0.717, 1.165) is 0 Å². The van der Waals surface area contributed by atoms with Gasteiger partial charge in [0.15, 0.2) is 0 Å². The normalized spacial score (nSPS) is 12.7. The van der Waals surface area contributed by atoms with Gasteiger partial charge in [-0.15, -0.1) is 0 Å². The number of nitrogens with two attached hydrogens (primary N) is 1. The average molecular weight is 261 g/mol. The van der Waals surface area contributed by atoms with E-state index >= 15 is 0 Å². The van der Waals surface area contributed by atoms with Crippen molar-refractivity contribution in [2.45, 2.75) is 39.7 Å². The van der Waals surface area contributed by atoms with Gasteiger partial charge in [-0.05, 0) is 27.2 Å². The van der Waals surface area contributed by atoms with Crippen LogP contribution in [0.15, 0.2) is 0 Å². The Balaban J connectivity index is 3.90. The molecule has 0 radical (unpaired) electrons. The minimum Gasteiger partial charge on any atom is -0.481 e. The van der Waals surface area contributed by atoms with Crippen molar-refractivity contribution < 1.29 is 29.0 Å². The summed E-state index contributed by atoms with van der Waals surface area (Å²) in [6.07, 6.45) is -0.251. The molecule has 0 amide bonds. The van der Waals surface area contributed by atoms with Crippen molar-refractivity contribution in [1.29, 1.82) is 0 Å². The van der Waals surface area contributed by atoms with E-state index in [1.165, 1.54) is 0 Å². The minimum atomic E-state index is -1.04. The SMILES string of the molecule is CC(C)(C)C(=O)OCOC(=O)[C@H](N)CCC(=O)O. The van der Waals surface area contributed by atoms with Gasteiger partial charge in [0, 0.05) is 6.42 Å². The van der Waals surface area contributed by atoms with E-state index in [1.807, 2.05) is 0 Å². The molecule has 0 bridgehead atoms. The van der Waals surface area contributed by atoms with E-state index < -0.39 is 36.2 Å². The van der Waals surface area contributed by atoms with Crippen LogP contribution in [0.5, 0.6) is 0 Å². The topological polar surface area (TPSA) is 116 Å². The molecule has 7 heteroatoms. The molecule has 0 rings (SSSR count). The Labute approximate surface area is 105 Å². The van der Waals surface area contributed by atoms with Crippen LogP contribution < -0.4 is 5.73 Å². The fourth-order valence-corrected chi connectivity index (χ4v) is 0.861. The number of rotatable bonds is 6. The van der Waals surface area contributed by atoms with Crippen LogP contribution in [-0.4, -0.2) is 35.8 Å². The van der Waals surface area contributed by atoms with E-state index in [2.05, 4.69) is 4.74 Å². The molecule has 0 saturated carbocycles. The van der Waals surface area contributed by atoms with Gasteiger partial charge in [-0.2, -0.15) is 0 Å². The van der Waals surface area contributed by atoms with Crippen LogP contribution >= 0.6 is 0 Å². The quantitative estimate of drug-likeness (QED) is 0.520. The summed E-state index contributed by atoms with van der Waals surface area (Å²) < 4.78 is 9.30. The summed E-state index contributed by atoms with van der Waals surface area (Å²) in [5, 5.41) is 8.41. The van der Waals surface area contributed by atoms with Crippen LogP contribution in [0.25, 0.3) is 0 Å². The zero-order chi connectivity index (χ0) is 14.3. The van der Waals surface area contributed by atoms with Crippen molar-refractivity contribution in [3.8, 4) is 0 Å². The number of carboxylic acids is 1. The van der Waals surface area contributed by atoms with Gasteiger partial charge < -0.3 is 20.3 Å². The van der Waals surface area contributed by atoms with E-state index in [4.69, 9.17) is 15.6 Å². The Bertz CT molecular complexity index is 320. The maximum absolute atomic E-state index is 11.3. The molecule has 0 heterocycles. The highest BCUT2D eigenvalue weighted by molar-refractivity contribution is 5.77. The molecule has 0 aromatic rings. The van der Waals surface area contributed by atoms with Crippen molar-refractivity contribution in [2.24, 2.45) is 11.1 Å². The second-order valence-electron chi connectivity index (χ2n) is 4.80. The van der Waals surface area contributed by atoms with Crippen LogP contribution in [0, 0.1) is 5.41 Å². The van der Waals surface area contributed by atoms with Crippen LogP contribution in [-0.2, 0) is 23.9 Å². The fourth-order valence-electron chi connectivity index (χ4n) is 0.861. The number of hydrogen-bond acceptors (Lipinski definition) is 6. The van der Waals surface area contributed by atoms with Crippen molar-refractivity contribution >= 4 is 17.9 Å². The van der Waals surface area contributed by atoms with E-state index in [-0.39, 0.29) is 12.8 Å². The largest absolute Gasteiger partial charge is 0.481 e. The fraction of sp³-hybridized carbons (Fsp3) is 0.727. The monoisotopic (exact) mass is 261 g/mol. The Kier molecular flexibility index (Phi) is 6.32. The molecular formula is C11H19NO6. The zero-order valence-electron chi connectivity index (χ0n) is 10.8. The highest BCUT2D eigenvalue weighted by Crippen LogP contribution is 2.14. The Morgan fingerprint density at radius 3 is 2.22 bits per heavy atom. The third-order valence-electron chi connectivity index (χ3n) is 1.98. The molecule has 0 aromatic carbocycles. The molecule has 0 aliphatic heterocycles. The van der Waals surface area contributed by atoms with Crippen LogP contribution in [0.3, 0.4) is 0 Å². The number of carbonyl (C=O) groups excluding carboxylic acids is 2. The van der Waals surface area contributed by atoms with Crippen molar-refractivity contribution in [1.82, 2.24) is 0 Å². The highest BCUT2D eigenvalue weighted by atomic mass is 16.7. The van der Waals surface area contributed by atoms with Gasteiger partial charge in [0.25, 0.3) is 0 Å². The molecular weight excluding hydrogens is 242 g/mol. The molecule has 104 valence electrons. The summed E-state index contributed by atoms with van der Waals surface area (Å²) in [5.41, 5.74) is 4.71. The Morgan fingerprint density at radius 1 is 1.22 bits per heavy atom. The van der Waals surface area contributed by atoms with Gasteiger partial charge in [0.05, 0.1) is 5.41 Å². The molecule has 7 nitrogen and oxygen atoms in total. The predicted molar refractivity (Wildman–Crippen MR) is 61.4 cm³/mol. The van der Waals surface area contributed by atoms with Gasteiger partial charge >= 0.3 is 17.9 Å². The van der Waals surface area contributed by atoms with Crippen molar-refractivity contribution in [3.63, 3.8) is 0 Å². The first-order chi connectivity index (χ1) is 8.14. The van der Waals surface area contributed by atoms with Gasteiger partial charge in [-0.25, -0.2) is 0 Å². The van der Waals surface area contributed by atoms with Gasteiger partial charge in [0.2, 0.25) is 6.79 Å². The Morgan fingerprint density at radius 2 is 1.78 bits per heavy atom. The lowest BCUT2D eigenvalue weighted by atomic mass is 9.98. The van der Waals surface area contributed by atoms with Gasteiger partial charge in [-0.3, -0.25) is 14.4 Å². The van der Waals surface area contributed by atoms with Crippen LogP contribution in [0.4, 0.5) is 0 Å². The van der Waals surface area contributed by atoms with E-state index in [9.17, 15) is 14.4 Å². The number of carboxylic acid groups (broad SMARTS) is 1.